The molecule has 2 aromatic rings. The van der Waals surface area contributed by atoms with E-state index in [1.54, 1.807) is 0 Å². The molecule has 31 heavy (non-hydrogen) atoms. The van der Waals surface area contributed by atoms with Gasteiger partial charge in [-0.3, -0.25) is 0 Å². The van der Waals surface area contributed by atoms with Gasteiger partial charge in [-0.15, -0.1) is 0 Å². The van der Waals surface area contributed by atoms with Crippen LogP contribution in [-0.4, -0.2) is 22.5 Å². The number of rotatable bonds is 7. The number of carbonyl (C=O) groups excluding carboxylic acids is 1. The van der Waals surface area contributed by atoms with E-state index < -0.39 is 5.97 Å². The second-order valence-corrected chi connectivity index (χ2v) is 9.74. The number of hydrogen-bond acceptors (Lipinski definition) is 3. The molecule has 0 spiro atoms. The van der Waals surface area contributed by atoms with Gasteiger partial charge in [-0.2, -0.15) is 0 Å². The van der Waals surface area contributed by atoms with Crippen LogP contribution in [0.3, 0.4) is 0 Å². The molecule has 4 nitrogen and oxygen atoms in total. The molecule has 1 fully saturated rings. The maximum absolute atomic E-state index is 11.2. The predicted octanol–water partition coefficient (Wildman–Crippen LogP) is 5.08. The molecule has 3 rings (SSSR count). The third kappa shape index (κ3) is 6.53. The highest BCUT2D eigenvalue weighted by Crippen LogP contribution is 2.30. The number of anilines is 1. The monoisotopic (exact) mass is 501 g/mol. The lowest BCUT2D eigenvalue weighted by Crippen LogP contribution is -2.40. The summed E-state index contributed by atoms with van der Waals surface area (Å²) in [5.74, 6) is -0.794. The van der Waals surface area contributed by atoms with Gasteiger partial charge in [0, 0.05) is 29.2 Å². The summed E-state index contributed by atoms with van der Waals surface area (Å²) < 4.78 is 1.05. The fraction of sp³-hybridized carbons (Fsp3) is 0.440. The van der Waals surface area contributed by atoms with Crippen molar-refractivity contribution < 1.29 is 9.90 Å². The normalized spacial score (nSPS) is 18.4. The molecule has 1 aliphatic carbocycles. The van der Waals surface area contributed by atoms with Crippen LogP contribution in [0.4, 0.5) is 5.69 Å². The van der Waals surface area contributed by atoms with E-state index in [1.807, 2.05) is 12.1 Å². The lowest BCUT2D eigenvalue weighted by atomic mass is 9.82. The molecule has 0 amide bonds. The number of thiocarbonyl (C=S) groups is 1. The first kappa shape index (κ1) is 23.7. The number of aliphatic carboxylic acids is 1. The van der Waals surface area contributed by atoms with Gasteiger partial charge in [-0.1, -0.05) is 53.2 Å². The lowest BCUT2D eigenvalue weighted by molar-refractivity contribution is -0.312. The molecule has 0 aliphatic heterocycles. The number of nitrogens with one attached hydrogen (secondary N) is 1. The van der Waals surface area contributed by atoms with Gasteiger partial charge in [0.15, 0.2) is 5.11 Å². The summed E-state index contributed by atoms with van der Waals surface area (Å²) in [6.45, 7) is 5.77. The quantitative estimate of drug-likeness (QED) is 0.536. The van der Waals surface area contributed by atoms with Crippen LogP contribution in [0.5, 0.6) is 0 Å². The second kappa shape index (κ2) is 11.1. The van der Waals surface area contributed by atoms with Gasteiger partial charge in [0.05, 0.1) is 0 Å². The number of para-hydroxylation sites is 1. The number of halogens is 1. The van der Waals surface area contributed by atoms with Crippen LogP contribution in [0.1, 0.15) is 49.3 Å². The number of nitrogens with zero attached hydrogens (tertiary/aromatic N) is 1. The molecular weight excluding hydrogens is 472 g/mol. The Bertz CT molecular complexity index is 925. The molecule has 0 atom stereocenters. The van der Waals surface area contributed by atoms with Crippen molar-refractivity contribution in [3.8, 4) is 0 Å². The molecule has 0 bridgehead atoms. The van der Waals surface area contributed by atoms with Crippen molar-refractivity contribution in [3.05, 3.63) is 63.6 Å². The Hall–Kier alpha value is -1.92. The van der Waals surface area contributed by atoms with Crippen molar-refractivity contribution in [3.63, 3.8) is 0 Å². The Morgan fingerprint density at radius 3 is 2.55 bits per heavy atom. The van der Waals surface area contributed by atoms with Crippen LogP contribution in [-0.2, 0) is 17.8 Å². The maximum Gasteiger partial charge on any atom is 0.173 e. The third-order valence-electron chi connectivity index (χ3n) is 6.18. The summed E-state index contributed by atoms with van der Waals surface area (Å²) >= 11 is 9.45. The zero-order valence-electron chi connectivity index (χ0n) is 18.2. The topological polar surface area (TPSA) is 55.4 Å². The first-order chi connectivity index (χ1) is 14.9. The number of aryl methyl sites for hydroxylation is 2. The first-order valence-electron chi connectivity index (χ1n) is 11.0. The minimum Gasteiger partial charge on any atom is -0.550 e. The van der Waals surface area contributed by atoms with E-state index in [1.165, 1.54) is 16.7 Å². The van der Waals surface area contributed by atoms with E-state index in [2.05, 4.69) is 70.3 Å². The minimum absolute atomic E-state index is 0.307. The van der Waals surface area contributed by atoms with Crippen LogP contribution in [0.15, 0.2) is 46.9 Å². The highest BCUT2D eigenvalue weighted by atomic mass is 79.9. The Kier molecular flexibility index (Phi) is 8.50. The van der Waals surface area contributed by atoms with E-state index in [0.29, 0.717) is 30.4 Å². The Labute approximate surface area is 199 Å². The molecular formula is C25H30BrN2O2S-. The zero-order valence-corrected chi connectivity index (χ0v) is 20.6. The van der Waals surface area contributed by atoms with E-state index in [-0.39, 0.29) is 5.92 Å². The van der Waals surface area contributed by atoms with Crippen LogP contribution >= 0.6 is 28.1 Å². The van der Waals surface area contributed by atoms with Crippen molar-refractivity contribution in [2.75, 3.05) is 11.9 Å². The summed E-state index contributed by atoms with van der Waals surface area (Å²) in [5.41, 5.74) is 4.70. The average molecular weight is 502 g/mol. The van der Waals surface area contributed by atoms with Crippen LogP contribution in [0.25, 0.3) is 0 Å². The molecule has 1 N–H and O–H groups in total. The molecule has 6 heteroatoms. The first-order valence-corrected chi connectivity index (χ1v) is 12.2. The minimum atomic E-state index is -0.909. The molecule has 0 heterocycles. The zero-order chi connectivity index (χ0) is 22.4. The van der Waals surface area contributed by atoms with Gasteiger partial charge in [0.2, 0.25) is 0 Å². The summed E-state index contributed by atoms with van der Waals surface area (Å²) in [4.78, 5) is 13.4. The Balaban J connectivity index is 1.77. The van der Waals surface area contributed by atoms with Crippen LogP contribution < -0.4 is 10.4 Å². The van der Waals surface area contributed by atoms with E-state index in [0.717, 1.165) is 36.0 Å². The fourth-order valence-corrected chi connectivity index (χ4v) is 5.04. The SMILES string of the molecule is CCc1cccc(C)c1NC(=S)N(Cc1cccc(Br)c1)CC1CCC(C(=O)[O-])CC1. The summed E-state index contributed by atoms with van der Waals surface area (Å²) in [7, 11) is 0. The van der Waals surface area contributed by atoms with E-state index >= 15 is 0 Å². The smallest absolute Gasteiger partial charge is 0.173 e. The number of carboxylic acid groups (broad SMARTS) is 1. The third-order valence-corrected chi connectivity index (χ3v) is 7.03. The molecule has 0 aromatic heterocycles. The van der Waals surface area contributed by atoms with Crippen molar-refractivity contribution in [1.82, 2.24) is 4.90 Å². The second-order valence-electron chi connectivity index (χ2n) is 8.44. The van der Waals surface area contributed by atoms with E-state index in [9.17, 15) is 9.90 Å². The standard InChI is InChI=1S/C25H31BrN2O2S/c1-3-20-8-4-6-17(2)23(20)27-25(31)28(16-19-7-5-9-22(26)14-19)15-18-10-12-21(13-11-18)24(29)30/h4-9,14,18,21H,3,10-13,15-16H2,1-2H3,(H,27,31)(H,29,30)/p-1. The Morgan fingerprint density at radius 1 is 1.19 bits per heavy atom. The molecule has 0 radical (unpaired) electrons. The van der Waals surface area contributed by atoms with Crippen molar-refractivity contribution >= 4 is 44.9 Å². The van der Waals surface area contributed by atoms with Gasteiger partial charge in [0.25, 0.3) is 0 Å². The highest BCUT2D eigenvalue weighted by Gasteiger charge is 2.25. The molecule has 1 saturated carbocycles. The van der Waals surface area contributed by atoms with Crippen LogP contribution in [0.2, 0.25) is 0 Å². The van der Waals surface area contributed by atoms with Gasteiger partial charge in [-0.05, 0) is 91.9 Å². The maximum atomic E-state index is 11.2. The van der Waals surface area contributed by atoms with Crippen molar-refractivity contribution in [1.29, 1.82) is 0 Å². The number of benzene rings is 2. The number of carboxylic acids is 1. The largest absolute Gasteiger partial charge is 0.550 e. The summed E-state index contributed by atoms with van der Waals surface area (Å²) in [6, 6.07) is 14.6. The van der Waals surface area contributed by atoms with Crippen molar-refractivity contribution in [2.45, 2.75) is 52.5 Å². The van der Waals surface area contributed by atoms with E-state index in [4.69, 9.17) is 12.2 Å². The average Bonchev–Trinajstić information content (AvgIpc) is 2.75. The summed E-state index contributed by atoms with van der Waals surface area (Å²) in [5, 5.41) is 15.4. The molecule has 0 saturated heterocycles. The van der Waals surface area contributed by atoms with Gasteiger partial charge >= 0.3 is 0 Å². The highest BCUT2D eigenvalue weighted by molar-refractivity contribution is 9.10. The van der Waals surface area contributed by atoms with Crippen molar-refractivity contribution in [2.24, 2.45) is 11.8 Å². The van der Waals surface area contributed by atoms with Gasteiger partial charge in [-0.25, -0.2) is 0 Å². The predicted molar refractivity (Wildman–Crippen MR) is 132 cm³/mol. The van der Waals surface area contributed by atoms with Gasteiger partial charge < -0.3 is 20.1 Å². The number of hydrogen-bond donors (Lipinski definition) is 1. The van der Waals surface area contributed by atoms with Gasteiger partial charge in [0.1, 0.15) is 0 Å². The summed E-state index contributed by atoms with van der Waals surface area (Å²) in [6.07, 6.45) is 4.10. The number of carbonyl (C=O) groups is 1. The Morgan fingerprint density at radius 2 is 1.90 bits per heavy atom. The lowest BCUT2D eigenvalue weighted by Gasteiger charge is -2.34. The molecule has 0 unspecified atom stereocenters. The fourth-order valence-electron chi connectivity index (χ4n) is 4.36. The molecule has 166 valence electrons. The molecule has 1 aliphatic rings. The van der Waals surface area contributed by atoms with Crippen LogP contribution in [0, 0.1) is 18.8 Å². The molecule has 2 aromatic carbocycles.